The van der Waals surface area contributed by atoms with Crippen LogP contribution in [0.5, 0.6) is 0 Å². The van der Waals surface area contributed by atoms with Crippen molar-refractivity contribution in [2.24, 2.45) is 0 Å². The van der Waals surface area contributed by atoms with Crippen molar-refractivity contribution >= 4 is 50.6 Å². The summed E-state index contributed by atoms with van der Waals surface area (Å²) >= 11 is 0. The van der Waals surface area contributed by atoms with Crippen LogP contribution in [0.1, 0.15) is 25.0 Å². The first-order valence-corrected chi connectivity index (χ1v) is 22.5. The largest absolute Gasteiger partial charge is 0.309 e. The number of fused-ring (bicyclic) bond motifs is 10. The molecule has 8 aromatic carbocycles. The van der Waals surface area contributed by atoms with Crippen molar-refractivity contribution in [3.8, 4) is 50.7 Å². The van der Waals surface area contributed by atoms with E-state index in [0.717, 1.165) is 34.0 Å². The Morgan fingerprint density at radius 2 is 1.08 bits per heavy atom. The summed E-state index contributed by atoms with van der Waals surface area (Å²) in [6.07, 6.45) is 0. The number of hydrogen-bond acceptors (Lipinski definition) is 2. The smallest absolute Gasteiger partial charge is 0.185 e. The molecule has 278 valence electrons. The van der Waals surface area contributed by atoms with Crippen LogP contribution in [0, 0.1) is 0 Å². The maximum absolute atomic E-state index is 5.66. The molecule has 1 aliphatic carbocycles. The lowest BCUT2D eigenvalue weighted by Crippen LogP contribution is -2.73. The highest BCUT2D eigenvalue weighted by Crippen LogP contribution is 2.53. The second-order valence-corrected chi connectivity index (χ2v) is 20.2. The van der Waals surface area contributed by atoms with Gasteiger partial charge in [-0.2, -0.15) is 0 Å². The van der Waals surface area contributed by atoms with Crippen molar-refractivity contribution in [1.29, 1.82) is 0 Å². The molecule has 0 amide bonds. The first-order chi connectivity index (χ1) is 29.0. The zero-order valence-electron chi connectivity index (χ0n) is 32.9. The first kappa shape index (κ1) is 33.9. The molecule has 2 aromatic heterocycles. The highest BCUT2D eigenvalue weighted by molar-refractivity contribution is 7.22. The number of nitrogens with zero attached hydrogens (tertiary/aromatic N) is 3. The fourth-order valence-corrected chi connectivity index (χ4v) is 15.9. The van der Waals surface area contributed by atoms with E-state index < -0.39 is 8.07 Å². The molecule has 2 aliphatic rings. The van der Waals surface area contributed by atoms with Crippen LogP contribution < -0.4 is 20.7 Å². The number of aromatic nitrogens is 3. The minimum absolute atomic E-state index is 0.136. The van der Waals surface area contributed by atoms with E-state index >= 15 is 0 Å². The third-order valence-corrected chi connectivity index (χ3v) is 17.9. The minimum atomic E-state index is -2.87. The lowest BCUT2D eigenvalue weighted by Gasteiger charge is -2.32. The Bertz CT molecular complexity index is 3250. The van der Waals surface area contributed by atoms with E-state index in [-0.39, 0.29) is 5.41 Å². The fraction of sp³-hybridized carbons (Fsp3) is 0.0545. The van der Waals surface area contributed by atoms with Gasteiger partial charge in [-0.15, -0.1) is 0 Å². The minimum Gasteiger partial charge on any atom is -0.309 e. The van der Waals surface area contributed by atoms with Crippen LogP contribution in [0.3, 0.4) is 0 Å². The maximum Gasteiger partial charge on any atom is 0.185 e. The van der Waals surface area contributed by atoms with Gasteiger partial charge in [0.05, 0.1) is 22.4 Å². The van der Waals surface area contributed by atoms with Gasteiger partial charge < -0.3 is 4.57 Å². The van der Waals surface area contributed by atoms with Gasteiger partial charge in [-0.05, 0) is 62.1 Å². The van der Waals surface area contributed by atoms with Gasteiger partial charge in [0.15, 0.2) is 13.9 Å². The Hall–Kier alpha value is -7.14. The quantitative estimate of drug-likeness (QED) is 0.163. The predicted octanol–water partition coefficient (Wildman–Crippen LogP) is 10.6. The summed E-state index contributed by atoms with van der Waals surface area (Å²) in [5, 5.41) is 7.86. The fourth-order valence-electron chi connectivity index (χ4n) is 10.6. The number of benzene rings is 8. The van der Waals surface area contributed by atoms with Crippen molar-refractivity contribution in [2.45, 2.75) is 19.3 Å². The van der Waals surface area contributed by atoms with E-state index in [2.05, 4.69) is 219 Å². The van der Waals surface area contributed by atoms with Crippen molar-refractivity contribution in [3.63, 3.8) is 0 Å². The van der Waals surface area contributed by atoms with Gasteiger partial charge in [0, 0.05) is 43.8 Å². The van der Waals surface area contributed by atoms with Gasteiger partial charge in [-0.1, -0.05) is 190 Å². The Balaban J connectivity index is 1.12. The second-order valence-electron chi connectivity index (χ2n) is 16.5. The molecule has 0 saturated heterocycles. The molecule has 0 radical (unpaired) electrons. The van der Waals surface area contributed by atoms with Crippen molar-refractivity contribution in [3.05, 3.63) is 211 Å². The van der Waals surface area contributed by atoms with E-state index in [0.29, 0.717) is 0 Å². The van der Waals surface area contributed by atoms with Crippen LogP contribution in [0.2, 0.25) is 0 Å². The molecule has 59 heavy (non-hydrogen) atoms. The average molecular weight is 770 g/mol. The molecule has 0 unspecified atom stereocenters. The molecular formula is C55H39N3Si. The third kappa shape index (κ3) is 4.69. The molecule has 0 fully saturated rings. The van der Waals surface area contributed by atoms with Crippen LogP contribution in [-0.2, 0) is 5.41 Å². The summed E-state index contributed by atoms with van der Waals surface area (Å²) in [5.41, 5.74) is 14.1. The van der Waals surface area contributed by atoms with E-state index in [1.807, 2.05) is 0 Å². The highest BCUT2D eigenvalue weighted by atomic mass is 28.3. The lowest BCUT2D eigenvalue weighted by molar-refractivity contribution is 0.666. The van der Waals surface area contributed by atoms with Crippen LogP contribution in [-0.4, -0.2) is 22.6 Å². The van der Waals surface area contributed by atoms with Crippen molar-refractivity contribution in [1.82, 2.24) is 14.5 Å². The Morgan fingerprint density at radius 1 is 0.475 bits per heavy atom. The molecular weight excluding hydrogens is 731 g/mol. The first-order valence-electron chi connectivity index (χ1n) is 20.5. The average Bonchev–Trinajstić information content (AvgIpc) is 3.88. The monoisotopic (exact) mass is 769 g/mol. The molecule has 3 heterocycles. The van der Waals surface area contributed by atoms with E-state index in [1.165, 1.54) is 70.4 Å². The molecule has 10 aromatic rings. The maximum atomic E-state index is 5.66. The molecule has 0 atom stereocenters. The molecule has 0 bridgehead atoms. The highest BCUT2D eigenvalue weighted by Gasteiger charge is 2.51. The van der Waals surface area contributed by atoms with Crippen molar-refractivity contribution < 1.29 is 0 Å². The van der Waals surface area contributed by atoms with Gasteiger partial charge in [0.1, 0.15) is 0 Å². The van der Waals surface area contributed by atoms with Crippen molar-refractivity contribution in [2.75, 3.05) is 0 Å². The summed E-state index contributed by atoms with van der Waals surface area (Å²) in [4.78, 5) is 11.3. The normalized spacial score (nSPS) is 14.2. The Kier molecular flexibility index (Phi) is 7.29. The molecule has 0 spiro atoms. The van der Waals surface area contributed by atoms with Crippen LogP contribution in [0.4, 0.5) is 0 Å². The van der Waals surface area contributed by atoms with Crippen LogP contribution >= 0.6 is 0 Å². The Morgan fingerprint density at radius 3 is 1.85 bits per heavy atom. The summed E-state index contributed by atoms with van der Waals surface area (Å²) in [7, 11) is -2.87. The summed E-state index contributed by atoms with van der Waals surface area (Å²) in [6, 6.07) is 73.3. The van der Waals surface area contributed by atoms with Gasteiger partial charge >= 0.3 is 0 Å². The van der Waals surface area contributed by atoms with Gasteiger partial charge in [0.2, 0.25) is 0 Å². The molecule has 12 rings (SSSR count). The standard InChI is InChI=1S/C55H39N3Si/c1-55(2)45-30-15-12-27-41(45)42-33-34-47-49(50(42)55)43-28-13-16-31-46(43)58(47)38-22-18-21-37(35-38)54-56-51(36-19-6-3-7-20-36)53-52(57-54)44-29-14-17-32-48(44)59(53,39-23-8-4-9-24-39)40-25-10-5-11-26-40/h3-35H,1-2H3. The van der Waals surface area contributed by atoms with E-state index in [4.69, 9.17) is 9.97 Å². The second kappa shape index (κ2) is 12.7. The zero-order valence-corrected chi connectivity index (χ0v) is 33.9. The molecule has 1 aliphatic heterocycles. The van der Waals surface area contributed by atoms with Crippen LogP contribution in [0.25, 0.3) is 72.5 Å². The molecule has 4 heteroatoms. The zero-order chi connectivity index (χ0) is 39.3. The summed E-state index contributed by atoms with van der Waals surface area (Å²) in [5.74, 6) is 0.725. The number of para-hydroxylation sites is 1. The lowest BCUT2D eigenvalue weighted by atomic mass is 9.80. The SMILES string of the molecule is CC1(C)c2ccccc2-c2ccc3c(c21)c1ccccc1n3-c1cccc(-c2nc(-c3ccccc3)c3c(n2)-c2ccccc2[Si]3(c2ccccc2)c2ccccc2)c1. The predicted molar refractivity (Wildman–Crippen MR) is 247 cm³/mol. The molecule has 0 saturated carbocycles. The number of rotatable bonds is 5. The van der Waals surface area contributed by atoms with Crippen LogP contribution in [0.15, 0.2) is 200 Å². The Labute approximate surface area is 345 Å². The topological polar surface area (TPSA) is 30.7 Å². The third-order valence-electron chi connectivity index (χ3n) is 13.0. The summed E-state index contributed by atoms with van der Waals surface area (Å²) < 4.78 is 2.44. The van der Waals surface area contributed by atoms with Gasteiger partial charge in [0.25, 0.3) is 0 Å². The molecule has 3 nitrogen and oxygen atoms in total. The van der Waals surface area contributed by atoms with Gasteiger partial charge in [-0.25, -0.2) is 9.97 Å². The van der Waals surface area contributed by atoms with E-state index in [9.17, 15) is 0 Å². The summed E-state index contributed by atoms with van der Waals surface area (Å²) in [6.45, 7) is 4.76. The molecule has 0 N–H and O–H groups in total. The van der Waals surface area contributed by atoms with Gasteiger partial charge in [-0.3, -0.25) is 0 Å². The number of hydrogen-bond donors (Lipinski definition) is 0. The van der Waals surface area contributed by atoms with E-state index in [1.54, 1.807) is 0 Å².